The minimum absolute atomic E-state index is 0.00467. The van der Waals surface area contributed by atoms with Crippen molar-refractivity contribution in [3.8, 4) is 5.75 Å². The molecule has 3 atom stereocenters. The van der Waals surface area contributed by atoms with Gasteiger partial charge in [-0.2, -0.15) is 0 Å². The van der Waals surface area contributed by atoms with Gasteiger partial charge < -0.3 is 36.2 Å². The van der Waals surface area contributed by atoms with Crippen LogP contribution in [0.25, 0.3) is 0 Å². The second-order valence-electron chi connectivity index (χ2n) is 14.2. The summed E-state index contributed by atoms with van der Waals surface area (Å²) in [6.45, 7) is 5.54. The lowest BCUT2D eigenvalue weighted by Gasteiger charge is -2.25. The van der Waals surface area contributed by atoms with Crippen LogP contribution in [0.2, 0.25) is 0 Å². The zero-order chi connectivity index (χ0) is 38.5. The van der Waals surface area contributed by atoms with E-state index in [1.165, 1.54) is 0 Å². The van der Waals surface area contributed by atoms with Crippen LogP contribution in [0.1, 0.15) is 73.0 Å². The molecule has 3 aromatic carbocycles. The first kappa shape index (κ1) is 39.5. The summed E-state index contributed by atoms with van der Waals surface area (Å²) >= 11 is 0. The molecule has 2 aliphatic rings. The molecule has 5 rings (SSSR count). The highest BCUT2D eigenvalue weighted by Crippen LogP contribution is 2.19. The van der Waals surface area contributed by atoms with Gasteiger partial charge in [0, 0.05) is 39.0 Å². The van der Waals surface area contributed by atoms with Gasteiger partial charge in [-0.3, -0.25) is 28.8 Å². The predicted octanol–water partition coefficient (Wildman–Crippen LogP) is 2.77. The highest BCUT2D eigenvalue weighted by Gasteiger charge is 2.31. The standard InChI is InChI=1S/C41H50N6O7/c1-27(2)21-32-41(53)46-33(23-28-11-4-3-5-12-28)39(51)42-18-10-20-54-35-16-7-6-15-31(35)38(50)45-34(24-36(48)44-32)40(52)43-25-29-13-8-14-30(22-29)26-47-19-9-17-37(47)49/h3-8,11-16,22,27,32-34H,9-10,17-21,23-26H2,1-2H3,(H,42,51)(H,43,52)(H,44,48)(H,45,50)(H,46,53)/t32-,33+,34+/m1/s1. The lowest BCUT2D eigenvalue weighted by Crippen LogP contribution is -2.56. The fraction of sp³-hybridized carbons (Fsp3) is 0.415. The molecule has 0 radical (unpaired) electrons. The van der Waals surface area contributed by atoms with E-state index in [0.29, 0.717) is 25.9 Å². The van der Waals surface area contributed by atoms with Crippen molar-refractivity contribution in [2.24, 2.45) is 5.92 Å². The maximum atomic E-state index is 13.8. The fourth-order valence-electron chi connectivity index (χ4n) is 6.53. The molecule has 6 amide bonds. The number of amides is 6. The van der Waals surface area contributed by atoms with Gasteiger partial charge in [0.2, 0.25) is 29.5 Å². The molecule has 286 valence electrons. The average Bonchev–Trinajstić information content (AvgIpc) is 3.56. The molecule has 5 N–H and O–H groups in total. The lowest BCUT2D eigenvalue weighted by molar-refractivity contribution is -0.133. The van der Waals surface area contributed by atoms with E-state index >= 15 is 0 Å². The zero-order valence-corrected chi connectivity index (χ0v) is 30.9. The van der Waals surface area contributed by atoms with Crippen molar-refractivity contribution in [1.29, 1.82) is 0 Å². The summed E-state index contributed by atoms with van der Waals surface area (Å²) in [7, 11) is 0. The third kappa shape index (κ3) is 11.6. The Morgan fingerprint density at radius 2 is 1.57 bits per heavy atom. The molecular formula is C41H50N6O7. The SMILES string of the molecule is CC(C)C[C@H]1NC(=O)C[C@@H](C(=O)NCc2cccc(CN3CCCC3=O)c2)NC(=O)c2ccccc2OCCCNC(=O)[C@H](Cc2ccccc2)NC1=O. The molecule has 0 bridgehead atoms. The second-order valence-corrected chi connectivity index (χ2v) is 14.2. The molecule has 3 aromatic rings. The van der Waals surface area contributed by atoms with Crippen LogP contribution >= 0.6 is 0 Å². The topological polar surface area (TPSA) is 175 Å². The molecule has 0 aromatic heterocycles. The van der Waals surface area contributed by atoms with Crippen LogP contribution in [-0.4, -0.2) is 78.2 Å². The molecule has 1 fully saturated rings. The van der Waals surface area contributed by atoms with Crippen molar-refractivity contribution in [3.63, 3.8) is 0 Å². The number of fused-ring (bicyclic) bond motifs is 1. The number of benzene rings is 3. The maximum Gasteiger partial charge on any atom is 0.255 e. The molecule has 13 heteroatoms. The fourth-order valence-corrected chi connectivity index (χ4v) is 6.53. The van der Waals surface area contributed by atoms with E-state index in [0.717, 1.165) is 23.1 Å². The number of hydrogen-bond donors (Lipinski definition) is 5. The van der Waals surface area contributed by atoms with Crippen LogP contribution < -0.4 is 31.3 Å². The number of ether oxygens (including phenoxy) is 1. The van der Waals surface area contributed by atoms with Gasteiger partial charge in [0.25, 0.3) is 5.91 Å². The number of para-hydroxylation sites is 1. The number of nitrogens with zero attached hydrogens (tertiary/aromatic N) is 1. The number of likely N-dealkylation sites (tertiary alicyclic amines) is 1. The van der Waals surface area contributed by atoms with Crippen LogP contribution in [0.4, 0.5) is 0 Å². The number of carbonyl (C=O) groups excluding carboxylic acids is 6. The van der Waals surface area contributed by atoms with Crippen LogP contribution in [0, 0.1) is 5.92 Å². The number of hydrogen-bond acceptors (Lipinski definition) is 7. The number of carbonyl (C=O) groups is 6. The smallest absolute Gasteiger partial charge is 0.255 e. The summed E-state index contributed by atoms with van der Waals surface area (Å²) in [5.41, 5.74) is 2.73. The Bertz CT molecular complexity index is 1800. The van der Waals surface area contributed by atoms with Crippen molar-refractivity contribution in [2.75, 3.05) is 19.7 Å². The van der Waals surface area contributed by atoms with E-state index in [-0.39, 0.29) is 61.6 Å². The Labute approximate surface area is 316 Å². The van der Waals surface area contributed by atoms with Crippen molar-refractivity contribution in [3.05, 3.63) is 101 Å². The van der Waals surface area contributed by atoms with E-state index in [1.807, 2.05) is 68.4 Å². The largest absolute Gasteiger partial charge is 0.493 e. The van der Waals surface area contributed by atoms with Gasteiger partial charge in [-0.1, -0.05) is 80.6 Å². The highest BCUT2D eigenvalue weighted by molar-refractivity contribution is 6.01. The number of nitrogens with one attached hydrogen (secondary N) is 5. The Morgan fingerprint density at radius 3 is 2.33 bits per heavy atom. The highest BCUT2D eigenvalue weighted by atomic mass is 16.5. The van der Waals surface area contributed by atoms with Crippen molar-refractivity contribution in [2.45, 2.75) is 83.6 Å². The molecule has 0 saturated carbocycles. The van der Waals surface area contributed by atoms with E-state index in [1.54, 1.807) is 29.2 Å². The summed E-state index contributed by atoms with van der Waals surface area (Å²) in [6.07, 6.45) is 1.83. The van der Waals surface area contributed by atoms with E-state index in [4.69, 9.17) is 4.74 Å². The van der Waals surface area contributed by atoms with Gasteiger partial charge in [-0.25, -0.2) is 0 Å². The molecule has 54 heavy (non-hydrogen) atoms. The Hall–Kier alpha value is -5.72. The summed E-state index contributed by atoms with van der Waals surface area (Å²) in [6, 6.07) is 20.2. The van der Waals surface area contributed by atoms with Gasteiger partial charge in [0.05, 0.1) is 18.6 Å². The molecular weight excluding hydrogens is 688 g/mol. The van der Waals surface area contributed by atoms with Gasteiger partial charge in [-0.05, 0) is 54.0 Å². The first-order valence-electron chi connectivity index (χ1n) is 18.6. The van der Waals surface area contributed by atoms with Gasteiger partial charge >= 0.3 is 0 Å². The minimum atomic E-state index is -1.31. The average molecular weight is 739 g/mol. The third-order valence-corrected chi connectivity index (χ3v) is 9.30. The minimum Gasteiger partial charge on any atom is -0.493 e. The van der Waals surface area contributed by atoms with E-state index in [2.05, 4.69) is 26.6 Å². The Balaban J connectivity index is 1.36. The summed E-state index contributed by atoms with van der Waals surface area (Å²) in [4.78, 5) is 82.2. The van der Waals surface area contributed by atoms with Gasteiger partial charge in [0.15, 0.2) is 0 Å². The zero-order valence-electron chi connectivity index (χ0n) is 30.9. The Morgan fingerprint density at radius 1 is 0.833 bits per heavy atom. The summed E-state index contributed by atoms with van der Waals surface area (Å²) < 4.78 is 5.93. The molecule has 2 heterocycles. The first-order chi connectivity index (χ1) is 26.0. The summed E-state index contributed by atoms with van der Waals surface area (Å²) in [5.74, 6) is -2.38. The van der Waals surface area contributed by atoms with E-state index < -0.39 is 48.2 Å². The van der Waals surface area contributed by atoms with Crippen molar-refractivity contribution < 1.29 is 33.5 Å². The van der Waals surface area contributed by atoms with Crippen LogP contribution in [0.5, 0.6) is 5.75 Å². The van der Waals surface area contributed by atoms with Gasteiger partial charge in [0.1, 0.15) is 23.9 Å². The predicted molar refractivity (Wildman–Crippen MR) is 202 cm³/mol. The van der Waals surface area contributed by atoms with Gasteiger partial charge in [-0.15, -0.1) is 0 Å². The van der Waals surface area contributed by atoms with Crippen LogP contribution in [0.3, 0.4) is 0 Å². The molecule has 0 spiro atoms. The second kappa shape index (κ2) is 19.4. The summed E-state index contributed by atoms with van der Waals surface area (Å²) in [5, 5.41) is 14.1. The van der Waals surface area contributed by atoms with Crippen LogP contribution in [0.15, 0.2) is 78.9 Å². The molecule has 0 aliphatic carbocycles. The maximum absolute atomic E-state index is 13.8. The number of rotatable bonds is 9. The van der Waals surface area contributed by atoms with Crippen molar-refractivity contribution >= 4 is 35.4 Å². The van der Waals surface area contributed by atoms with Crippen molar-refractivity contribution in [1.82, 2.24) is 31.5 Å². The molecule has 2 aliphatic heterocycles. The molecule has 13 nitrogen and oxygen atoms in total. The normalized spacial score (nSPS) is 20.4. The quantitative estimate of drug-likeness (QED) is 0.224. The van der Waals surface area contributed by atoms with Crippen LogP contribution in [-0.2, 0) is 43.5 Å². The third-order valence-electron chi connectivity index (χ3n) is 9.30. The monoisotopic (exact) mass is 738 g/mol. The first-order valence-corrected chi connectivity index (χ1v) is 18.6. The lowest BCUT2D eigenvalue weighted by atomic mass is 10.0. The van der Waals surface area contributed by atoms with E-state index in [9.17, 15) is 28.8 Å². The molecule has 0 unspecified atom stereocenters. The molecule has 1 saturated heterocycles. The Kier molecular flexibility index (Phi) is 14.2.